The zero-order valence-electron chi connectivity index (χ0n) is 26.4. The minimum Gasteiger partial charge on any atom is -0.493 e. The number of hydrogen-bond acceptors (Lipinski definition) is 8. The van der Waals surface area contributed by atoms with Gasteiger partial charge in [-0.1, -0.05) is 18.2 Å². The van der Waals surface area contributed by atoms with Gasteiger partial charge in [0.2, 0.25) is 17.7 Å². The van der Waals surface area contributed by atoms with Crippen molar-refractivity contribution in [2.45, 2.75) is 51.9 Å². The molecule has 240 valence electrons. The summed E-state index contributed by atoms with van der Waals surface area (Å²) in [5.74, 6) is 1.29. The van der Waals surface area contributed by atoms with Crippen molar-refractivity contribution in [2.75, 3.05) is 45.2 Å². The molecule has 1 saturated heterocycles. The van der Waals surface area contributed by atoms with Crippen molar-refractivity contribution in [3.05, 3.63) is 65.5 Å². The van der Waals surface area contributed by atoms with Gasteiger partial charge in [0.05, 0.1) is 50.3 Å². The number of amides is 3. The van der Waals surface area contributed by atoms with Gasteiger partial charge in [-0.25, -0.2) is 0 Å². The fraction of sp³-hybridized carbons (Fsp3) is 0.455. The summed E-state index contributed by atoms with van der Waals surface area (Å²) in [6.45, 7) is 5.60. The number of likely N-dealkylation sites (tertiary alicyclic amines) is 1. The molecule has 0 spiro atoms. The van der Waals surface area contributed by atoms with Crippen LogP contribution in [-0.2, 0) is 39.2 Å². The zero-order chi connectivity index (χ0) is 31.9. The number of benzene rings is 2. The Kier molecular flexibility index (Phi) is 10.4. The minimum atomic E-state index is -0.387. The number of likely N-dealkylation sites (N-methyl/N-ethyl adjacent to an activating group) is 1. The third kappa shape index (κ3) is 8.40. The quantitative estimate of drug-likeness (QED) is 0.447. The number of nitrogens with zero attached hydrogens (tertiary/aromatic N) is 4. The van der Waals surface area contributed by atoms with Gasteiger partial charge in [0.15, 0.2) is 11.5 Å². The molecule has 2 aromatic carbocycles. The predicted molar refractivity (Wildman–Crippen MR) is 168 cm³/mol. The van der Waals surface area contributed by atoms with Crippen molar-refractivity contribution in [3.63, 3.8) is 0 Å². The number of aromatic nitrogens is 2. The highest BCUT2D eigenvalue weighted by Crippen LogP contribution is 2.33. The maximum Gasteiger partial charge on any atom is 0.239 e. The SMILES string of the molecule is CCN1CC(=O)N[C@H]2CCN(CC(=O)Nc3cn(C)nc3C)C[C@@H]2OCc2cccc(c2)Oc2cc(ccc2OC)CCC1=O. The second-order valence-corrected chi connectivity index (χ2v) is 11.5. The number of fused-ring (bicyclic) bond motifs is 5. The van der Waals surface area contributed by atoms with Crippen molar-refractivity contribution in [3.8, 4) is 17.2 Å². The highest BCUT2D eigenvalue weighted by Gasteiger charge is 2.33. The van der Waals surface area contributed by atoms with E-state index in [1.807, 2.05) is 68.3 Å². The van der Waals surface area contributed by atoms with Gasteiger partial charge in [-0.05, 0) is 62.1 Å². The van der Waals surface area contributed by atoms with Gasteiger partial charge in [0, 0.05) is 39.3 Å². The highest BCUT2D eigenvalue weighted by atomic mass is 16.5. The molecule has 3 aromatic rings. The third-order valence-electron chi connectivity index (χ3n) is 8.16. The van der Waals surface area contributed by atoms with Crippen LogP contribution in [0, 0.1) is 6.92 Å². The molecular formula is C33H42N6O6. The van der Waals surface area contributed by atoms with Crippen molar-refractivity contribution >= 4 is 23.4 Å². The Hall–Kier alpha value is -4.42. The van der Waals surface area contributed by atoms with E-state index in [9.17, 15) is 14.4 Å². The molecule has 2 atom stereocenters. The molecule has 2 aliphatic rings. The van der Waals surface area contributed by atoms with Crippen molar-refractivity contribution in [1.29, 1.82) is 0 Å². The van der Waals surface area contributed by atoms with Crippen LogP contribution in [0.15, 0.2) is 48.7 Å². The second-order valence-electron chi connectivity index (χ2n) is 11.5. The molecule has 12 heteroatoms. The number of carbonyl (C=O) groups is 3. The number of rotatable bonds is 5. The summed E-state index contributed by atoms with van der Waals surface area (Å²) < 4.78 is 19.9. The number of nitrogens with one attached hydrogen (secondary N) is 2. The second kappa shape index (κ2) is 14.6. The lowest BCUT2D eigenvalue weighted by Gasteiger charge is -2.38. The zero-order valence-corrected chi connectivity index (χ0v) is 26.4. The maximum absolute atomic E-state index is 13.2. The molecule has 45 heavy (non-hydrogen) atoms. The summed E-state index contributed by atoms with van der Waals surface area (Å²) in [6.07, 6.45) is 2.74. The van der Waals surface area contributed by atoms with E-state index in [1.54, 1.807) is 22.9 Å². The Morgan fingerprint density at radius 2 is 2.00 bits per heavy atom. The van der Waals surface area contributed by atoms with E-state index >= 15 is 0 Å². The summed E-state index contributed by atoms with van der Waals surface area (Å²) >= 11 is 0. The Morgan fingerprint density at radius 3 is 2.76 bits per heavy atom. The first-order chi connectivity index (χ1) is 21.7. The number of hydrogen-bond donors (Lipinski definition) is 2. The first kappa shape index (κ1) is 32.0. The van der Waals surface area contributed by atoms with Gasteiger partial charge in [-0.3, -0.25) is 24.0 Å². The average Bonchev–Trinajstić information content (AvgIpc) is 3.33. The van der Waals surface area contributed by atoms with E-state index in [4.69, 9.17) is 14.2 Å². The van der Waals surface area contributed by atoms with Gasteiger partial charge in [-0.15, -0.1) is 0 Å². The van der Waals surface area contributed by atoms with Crippen molar-refractivity contribution in [2.24, 2.45) is 7.05 Å². The Balaban J connectivity index is 1.35. The van der Waals surface area contributed by atoms with Crippen LogP contribution >= 0.6 is 0 Å². The number of aryl methyl sites for hydroxylation is 3. The monoisotopic (exact) mass is 618 g/mol. The van der Waals surface area contributed by atoms with Crippen LogP contribution in [0.2, 0.25) is 0 Å². The molecule has 2 aliphatic heterocycles. The van der Waals surface area contributed by atoms with E-state index in [1.165, 1.54) is 0 Å². The molecule has 1 fully saturated rings. The Bertz CT molecular complexity index is 1520. The van der Waals surface area contributed by atoms with Crippen molar-refractivity contribution < 1.29 is 28.6 Å². The molecule has 3 amide bonds. The standard InChI is InChI=1S/C33H42N6O6/c1-5-39-20-32(41)34-26-13-14-38(19-31(40)35-27-17-37(3)36-22(27)2)18-30(26)44-21-24-7-6-8-25(15-24)45-29-16-23(10-12-33(39)42)9-11-28(29)43-4/h6-9,11,15-17,26,30H,5,10,12-14,18-21H2,1-4H3,(H,34,41)(H,35,40)/t26-,30-/m0/s1. The number of piperidine rings is 1. The number of anilines is 1. The molecule has 12 nitrogen and oxygen atoms in total. The summed E-state index contributed by atoms with van der Waals surface area (Å²) in [5, 5.41) is 10.3. The van der Waals surface area contributed by atoms with E-state index in [0.717, 1.165) is 16.8 Å². The molecule has 0 saturated carbocycles. The first-order valence-electron chi connectivity index (χ1n) is 15.4. The van der Waals surface area contributed by atoms with Gasteiger partial charge < -0.3 is 29.7 Å². The van der Waals surface area contributed by atoms with Gasteiger partial charge in [0.25, 0.3) is 0 Å². The van der Waals surface area contributed by atoms with Gasteiger partial charge in [0.1, 0.15) is 5.75 Å². The van der Waals surface area contributed by atoms with Crippen LogP contribution in [0.25, 0.3) is 0 Å². The third-order valence-corrected chi connectivity index (χ3v) is 8.16. The minimum absolute atomic E-state index is 0.0336. The lowest BCUT2D eigenvalue weighted by atomic mass is 10.0. The van der Waals surface area contributed by atoms with Crippen molar-refractivity contribution in [1.82, 2.24) is 24.9 Å². The fourth-order valence-corrected chi connectivity index (χ4v) is 5.77. The Morgan fingerprint density at radius 1 is 1.16 bits per heavy atom. The molecule has 5 rings (SSSR count). The lowest BCUT2D eigenvalue weighted by Crippen LogP contribution is -2.57. The van der Waals surface area contributed by atoms with Crippen LogP contribution < -0.4 is 20.1 Å². The largest absolute Gasteiger partial charge is 0.493 e. The molecule has 2 N–H and O–H groups in total. The molecular weight excluding hydrogens is 576 g/mol. The Labute approximate surface area is 263 Å². The van der Waals surface area contributed by atoms with E-state index in [-0.39, 0.29) is 56.0 Å². The van der Waals surface area contributed by atoms with Crippen LogP contribution in [0.4, 0.5) is 5.69 Å². The summed E-state index contributed by atoms with van der Waals surface area (Å²) in [5.41, 5.74) is 3.26. The molecule has 0 radical (unpaired) electrons. The molecule has 0 unspecified atom stereocenters. The summed E-state index contributed by atoms with van der Waals surface area (Å²) in [4.78, 5) is 42.8. The van der Waals surface area contributed by atoms with Crippen LogP contribution in [-0.4, -0.2) is 89.3 Å². The maximum atomic E-state index is 13.2. The normalized spacial score (nSPS) is 19.9. The van der Waals surface area contributed by atoms with E-state index in [0.29, 0.717) is 55.4 Å². The van der Waals surface area contributed by atoms with E-state index < -0.39 is 0 Å². The summed E-state index contributed by atoms with van der Waals surface area (Å²) in [7, 11) is 3.40. The van der Waals surface area contributed by atoms with Gasteiger partial charge in [-0.2, -0.15) is 5.10 Å². The van der Waals surface area contributed by atoms with Crippen LogP contribution in [0.3, 0.4) is 0 Å². The summed E-state index contributed by atoms with van der Waals surface area (Å²) in [6, 6.07) is 13.0. The number of carbonyl (C=O) groups excluding carboxylic acids is 3. The van der Waals surface area contributed by atoms with E-state index in [2.05, 4.69) is 15.7 Å². The fourth-order valence-electron chi connectivity index (χ4n) is 5.77. The topological polar surface area (TPSA) is 127 Å². The first-order valence-corrected chi connectivity index (χ1v) is 15.4. The van der Waals surface area contributed by atoms with Gasteiger partial charge >= 0.3 is 0 Å². The lowest BCUT2D eigenvalue weighted by molar-refractivity contribution is -0.137. The van der Waals surface area contributed by atoms with Crippen LogP contribution in [0.1, 0.15) is 36.6 Å². The van der Waals surface area contributed by atoms with Crippen LogP contribution in [0.5, 0.6) is 17.2 Å². The number of methoxy groups -OCH3 is 1. The molecule has 0 aliphatic carbocycles. The molecule has 1 aromatic heterocycles. The highest BCUT2D eigenvalue weighted by molar-refractivity contribution is 5.92. The smallest absolute Gasteiger partial charge is 0.239 e. The molecule has 4 bridgehead atoms. The average molecular weight is 619 g/mol. The number of ether oxygens (including phenoxy) is 3. The predicted octanol–water partition coefficient (Wildman–Crippen LogP) is 3.04. The molecule has 3 heterocycles.